The van der Waals surface area contributed by atoms with E-state index in [9.17, 15) is 17.6 Å². The second-order valence-electron chi connectivity index (χ2n) is 6.62. The highest BCUT2D eigenvalue weighted by molar-refractivity contribution is 7.97. The molecule has 0 radical (unpaired) electrons. The zero-order valence-electron chi connectivity index (χ0n) is 15.5. The number of para-hydroxylation sites is 2. The van der Waals surface area contributed by atoms with Crippen molar-refractivity contribution in [3.8, 4) is 0 Å². The van der Waals surface area contributed by atoms with E-state index in [4.69, 9.17) is 11.6 Å². The number of carbonyl (C=O) groups excluding carboxylic acids is 1. The van der Waals surface area contributed by atoms with E-state index >= 15 is 0 Å². The predicted octanol–water partition coefficient (Wildman–Crippen LogP) is 4.97. The van der Waals surface area contributed by atoms with Crippen molar-refractivity contribution in [3.05, 3.63) is 106 Å². The van der Waals surface area contributed by atoms with E-state index in [1.165, 1.54) is 22.5 Å². The lowest BCUT2D eigenvalue weighted by Crippen LogP contribution is -2.39. The fraction of sp³-hybridized carbons (Fsp3) is 0.0455. The lowest BCUT2D eigenvalue weighted by Gasteiger charge is -2.31. The molecule has 0 fully saturated rings. The van der Waals surface area contributed by atoms with Crippen molar-refractivity contribution < 1.29 is 17.6 Å². The molecule has 8 heteroatoms. The summed E-state index contributed by atoms with van der Waals surface area (Å²) in [5, 5.41) is 3.14. The molecule has 0 bridgehead atoms. The maximum absolute atomic E-state index is 13.9. The average Bonchev–Trinajstić information content (AvgIpc) is 2.73. The summed E-state index contributed by atoms with van der Waals surface area (Å²) in [6.45, 7) is 0.0147. The Labute approximate surface area is 178 Å². The number of benzene rings is 3. The number of nitrogens with zero attached hydrogens (tertiary/aromatic N) is 1. The molecule has 1 aliphatic rings. The molecule has 3 aromatic rings. The number of halogens is 2. The van der Waals surface area contributed by atoms with Gasteiger partial charge in [0.05, 0.1) is 17.9 Å². The topological polar surface area (TPSA) is 66.5 Å². The van der Waals surface area contributed by atoms with Gasteiger partial charge in [0, 0.05) is 16.8 Å². The van der Waals surface area contributed by atoms with Crippen LogP contribution in [0.4, 0.5) is 15.8 Å². The molecule has 0 aromatic heterocycles. The number of Topliss-reactive ketones (excluding diaryl/α,β-unsaturated/α-hetero) is 1. The summed E-state index contributed by atoms with van der Waals surface area (Å²) in [5.41, 5.74) is 1.31. The Morgan fingerprint density at radius 1 is 0.967 bits per heavy atom. The fourth-order valence-corrected chi connectivity index (χ4v) is 4.82. The van der Waals surface area contributed by atoms with Crippen molar-refractivity contribution in [3.63, 3.8) is 0 Å². The van der Waals surface area contributed by atoms with Gasteiger partial charge >= 0.3 is 0 Å². The highest BCUT2D eigenvalue weighted by Crippen LogP contribution is 2.36. The summed E-state index contributed by atoms with van der Waals surface area (Å²) in [4.78, 5) is 12.5. The lowest BCUT2D eigenvalue weighted by atomic mass is 10.1. The van der Waals surface area contributed by atoms with Crippen LogP contribution >= 0.6 is 11.6 Å². The number of fused-ring (bicyclic) bond motifs is 1. The molecule has 0 saturated heterocycles. The van der Waals surface area contributed by atoms with E-state index < -0.39 is 26.5 Å². The Kier molecular flexibility index (Phi) is 5.32. The Hall–Kier alpha value is -3.16. The SMILES string of the molecule is O=C1C(=CNc2ccccc2F)S(=O)(=O)N(Cc2ccc(Cl)cc2)c2ccccc21. The Morgan fingerprint density at radius 2 is 1.63 bits per heavy atom. The van der Waals surface area contributed by atoms with Crippen molar-refractivity contribution in [1.29, 1.82) is 0 Å². The van der Waals surface area contributed by atoms with Gasteiger partial charge in [-0.2, -0.15) is 0 Å². The minimum Gasteiger partial charge on any atom is -0.358 e. The van der Waals surface area contributed by atoms with Crippen molar-refractivity contribution >= 4 is 38.8 Å². The monoisotopic (exact) mass is 442 g/mol. The minimum atomic E-state index is -4.19. The molecule has 0 amide bonds. The van der Waals surface area contributed by atoms with E-state index in [-0.39, 0.29) is 17.8 Å². The molecule has 1 heterocycles. The van der Waals surface area contributed by atoms with Crippen LogP contribution in [0, 0.1) is 5.82 Å². The van der Waals surface area contributed by atoms with Gasteiger partial charge in [0.2, 0.25) is 5.78 Å². The van der Waals surface area contributed by atoms with Crippen LogP contribution in [-0.4, -0.2) is 14.2 Å². The summed E-state index contributed by atoms with van der Waals surface area (Å²) in [5.74, 6) is -1.21. The molecule has 0 spiro atoms. The molecule has 30 heavy (non-hydrogen) atoms. The maximum atomic E-state index is 13.9. The Balaban J connectivity index is 1.79. The summed E-state index contributed by atoms with van der Waals surface area (Å²) >= 11 is 5.92. The average molecular weight is 443 g/mol. The zero-order valence-corrected chi connectivity index (χ0v) is 17.1. The molecular formula is C22H16ClFN2O3S. The molecule has 1 aliphatic heterocycles. The quantitative estimate of drug-likeness (QED) is 0.579. The minimum absolute atomic E-state index is 0.0147. The first kappa shape index (κ1) is 20.1. The van der Waals surface area contributed by atoms with Crippen LogP contribution in [0.2, 0.25) is 5.02 Å². The van der Waals surface area contributed by atoms with Gasteiger partial charge in [0.1, 0.15) is 5.82 Å². The van der Waals surface area contributed by atoms with Crippen LogP contribution in [-0.2, 0) is 16.6 Å². The van der Waals surface area contributed by atoms with Gasteiger partial charge in [0.15, 0.2) is 4.91 Å². The number of sulfonamides is 1. The third-order valence-corrected chi connectivity index (χ3v) is 6.70. The molecule has 0 saturated carbocycles. The van der Waals surface area contributed by atoms with Crippen LogP contribution in [0.1, 0.15) is 15.9 Å². The first-order valence-electron chi connectivity index (χ1n) is 9.00. The molecule has 0 atom stereocenters. The summed E-state index contributed by atoms with van der Waals surface area (Å²) in [7, 11) is -4.19. The Bertz CT molecular complexity index is 1260. The third kappa shape index (κ3) is 3.69. The highest BCUT2D eigenvalue weighted by Gasteiger charge is 2.40. The first-order valence-corrected chi connectivity index (χ1v) is 10.8. The normalized spacial score (nSPS) is 16.4. The molecule has 152 valence electrons. The molecule has 4 rings (SSSR count). The number of allylic oxidation sites excluding steroid dienone is 1. The van der Waals surface area contributed by atoms with Crippen LogP contribution in [0.15, 0.2) is 83.9 Å². The van der Waals surface area contributed by atoms with Gasteiger partial charge in [-0.3, -0.25) is 9.10 Å². The number of ketones is 1. The van der Waals surface area contributed by atoms with Crippen LogP contribution in [0.5, 0.6) is 0 Å². The standard InChI is InChI=1S/C22H16ClFN2O3S/c23-16-11-9-15(10-12-16)14-26-20-8-4-1-5-17(20)22(27)21(30(26,28)29)13-25-19-7-3-2-6-18(19)24/h1-13,25H,14H2. The zero-order chi connectivity index (χ0) is 21.3. The summed E-state index contributed by atoms with van der Waals surface area (Å²) in [6.07, 6.45) is 1.04. The number of carbonyl (C=O) groups is 1. The van der Waals surface area contributed by atoms with Gasteiger partial charge in [-0.15, -0.1) is 0 Å². The number of nitrogens with one attached hydrogen (secondary N) is 1. The van der Waals surface area contributed by atoms with Crippen molar-refractivity contribution in [1.82, 2.24) is 0 Å². The van der Waals surface area contributed by atoms with E-state index in [0.29, 0.717) is 16.3 Å². The second kappa shape index (κ2) is 7.93. The third-order valence-electron chi connectivity index (χ3n) is 4.68. The molecule has 3 aromatic carbocycles. The lowest BCUT2D eigenvalue weighted by molar-refractivity contribution is 0.104. The van der Waals surface area contributed by atoms with Gasteiger partial charge < -0.3 is 5.32 Å². The predicted molar refractivity (Wildman–Crippen MR) is 115 cm³/mol. The van der Waals surface area contributed by atoms with Crippen molar-refractivity contribution in [2.24, 2.45) is 0 Å². The summed E-state index contributed by atoms with van der Waals surface area (Å²) < 4.78 is 41.8. The van der Waals surface area contributed by atoms with E-state index in [1.54, 1.807) is 54.6 Å². The highest BCUT2D eigenvalue weighted by atomic mass is 35.5. The second-order valence-corrected chi connectivity index (χ2v) is 8.88. The van der Waals surface area contributed by atoms with Gasteiger partial charge in [-0.25, -0.2) is 12.8 Å². The largest absolute Gasteiger partial charge is 0.358 e. The van der Waals surface area contributed by atoms with Crippen molar-refractivity contribution in [2.75, 3.05) is 9.62 Å². The van der Waals surface area contributed by atoms with Crippen LogP contribution in [0.3, 0.4) is 0 Å². The molecular weight excluding hydrogens is 427 g/mol. The summed E-state index contributed by atoms with van der Waals surface area (Å²) in [6, 6.07) is 19.1. The van der Waals surface area contributed by atoms with E-state index in [0.717, 1.165) is 6.20 Å². The molecule has 0 aliphatic carbocycles. The molecule has 0 unspecified atom stereocenters. The smallest absolute Gasteiger partial charge is 0.270 e. The van der Waals surface area contributed by atoms with E-state index in [2.05, 4.69) is 5.32 Å². The Morgan fingerprint density at radius 3 is 2.37 bits per heavy atom. The maximum Gasteiger partial charge on any atom is 0.270 e. The van der Waals surface area contributed by atoms with E-state index in [1.807, 2.05) is 0 Å². The fourth-order valence-electron chi connectivity index (χ4n) is 3.17. The van der Waals surface area contributed by atoms with Crippen molar-refractivity contribution in [2.45, 2.75) is 6.54 Å². The molecule has 1 N–H and O–H groups in total. The van der Waals surface area contributed by atoms with Crippen LogP contribution in [0.25, 0.3) is 0 Å². The number of anilines is 2. The molecule has 5 nitrogen and oxygen atoms in total. The van der Waals surface area contributed by atoms with Crippen LogP contribution < -0.4 is 9.62 Å². The number of rotatable bonds is 4. The number of hydrogen-bond donors (Lipinski definition) is 1. The number of hydrogen-bond acceptors (Lipinski definition) is 4. The first-order chi connectivity index (χ1) is 14.4. The van der Waals surface area contributed by atoms with Gasteiger partial charge in [-0.1, -0.05) is 48.0 Å². The van der Waals surface area contributed by atoms with Gasteiger partial charge in [0.25, 0.3) is 10.0 Å². The van der Waals surface area contributed by atoms with Gasteiger partial charge in [-0.05, 0) is 42.0 Å².